The summed E-state index contributed by atoms with van der Waals surface area (Å²) in [6.07, 6.45) is -15.2. The molecule has 0 aliphatic carbocycles. The molecule has 1 aromatic carbocycles. The number of carbonyl (C=O) groups excluding carboxylic acids is 1. The molecule has 1 saturated heterocycles. The number of likely N-dealkylation sites (N-methyl/N-ethyl adjacent to an activating group) is 1. The van der Waals surface area contributed by atoms with Crippen LogP contribution in [0.5, 0.6) is 0 Å². The molecule has 0 unspecified atom stereocenters. The van der Waals surface area contributed by atoms with E-state index in [4.69, 9.17) is 0 Å². The predicted octanol–water partition coefficient (Wildman–Crippen LogP) is 4.31. The molecular weight excluding hydrogens is 454 g/mol. The molecule has 12 heteroatoms. The van der Waals surface area contributed by atoms with E-state index in [2.05, 4.69) is 20.8 Å². The lowest BCUT2D eigenvalue weighted by atomic mass is 10.1. The normalized spacial score (nSPS) is 18.8. The second kappa shape index (κ2) is 9.41. The van der Waals surface area contributed by atoms with Gasteiger partial charge in [0.25, 0.3) is 6.10 Å². The van der Waals surface area contributed by atoms with E-state index in [0.29, 0.717) is 6.54 Å². The van der Waals surface area contributed by atoms with E-state index in [9.17, 15) is 31.1 Å². The summed E-state index contributed by atoms with van der Waals surface area (Å²) in [5, 5.41) is 4.12. The summed E-state index contributed by atoms with van der Waals surface area (Å²) in [6.45, 7) is 5.84. The van der Waals surface area contributed by atoms with Crippen LogP contribution < -0.4 is 5.01 Å². The van der Waals surface area contributed by atoms with Gasteiger partial charge >= 0.3 is 18.4 Å². The minimum absolute atomic E-state index is 0.0366. The number of hydrogen-bond acceptors (Lipinski definition) is 5. The molecule has 0 spiro atoms. The summed E-state index contributed by atoms with van der Waals surface area (Å²) in [5.74, 6) is 0. The lowest BCUT2D eigenvalue weighted by molar-refractivity contribution is -0.308. The van der Waals surface area contributed by atoms with E-state index < -0.39 is 24.5 Å². The van der Waals surface area contributed by atoms with Crippen molar-refractivity contribution in [1.29, 1.82) is 0 Å². The molecule has 0 aromatic heterocycles. The zero-order chi connectivity index (χ0) is 24.6. The Morgan fingerprint density at radius 1 is 1.03 bits per heavy atom. The van der Waals surface area contributed by atoms with Gasteiger partial charge in [0.15, 0.2) is 0 Å². The predicted molar refractivity (Wildman–Crippen MR) is 109 cm³/mol. The van der Waals surface area contributed by atoms with E-state index >= 15 is 0 Å². The van der Waals surface area contributed by atoms with Crippen LogP contribution in [-0.2, 0) is 11.3 Å². The van der Waals surface area contributed by atoms with E-state index in [0.717, 1.165) is 28.3 Å². The van der Waals surface area contributed by atoms with Crippen molar-refractivity contribution in [2.45, 2.75) is 38.8 Å². The average molecular weight is 480 g/mol. The maximum atomic E-state index is 12.7. The molecule has 0 atom stereocenters. The lowest BCUT2D eigenvalue weighted by Gasteiger charge is -2.36. The second-order valence-corrected chi connectivity index (χ2v) is 8.38. The molecule has 1 fully saturated rings. The minimum atomic E-state index is -5.73. The van der Waals surface area contributed by atoms with Gasteiger partial charge in [-0.15, -0.1) is 0 Å². The van der Waals surface area contributed by atoms with E-state index in [-0.39, 0.29) is 26.2 Å². The van der Waals surface area contributed by atoms with Crippen molar-refractivity contribution < 1.29 is 35.9 Å². The molecule has 6 nitrogen and oxygen atoms in total. The average Bonchev–Trinajstić information content (AvgIpc) is 3.04. The van der Waals surface area contributed by atoms with Crippen LogP contribution in [0.2, 0.25) is 0 Å². The first-order valence-corrected chi connectivity index (χ1v) is 10.3. The van der Waals surface area contributed by atoms with Crippen molar-refractivity contribution in [2.75, 3.05) is 44.8 Å². The molecule has 0 bridgehead atoms. The summed E-state index contributed by atoms with van der Waals surface area (Å²) >= 11 is 0. The first-order valence-electron chi connectivity index (χ1n) is 10.3. The summed E-state index contributed by atoms with van der Waals surface area (Å²) in [7, 11) is 1.97. The number of hydrogen-bond donors (Lipinski definition) is 0. The third kappa shape index (κ3) is 6.11. The maximum Gasteiger partial charge on any atom is 0.434 e. The quantitative estimate of drug-likeness (QED) is 0.601. The molecule has 2 aliphatic heterocycles. The number of ether oxygens (including phenoxy) is 1. The molecule has 2 heterocycles. The van der Waals surface area contributed by atoms with Gasteiger partial charge in [0.05, 0.1) is 5.69 Å². The number of aryl methyl sites for hydroxylation is 1. The van der Waals surface area contributed by atoms with Crippen LogP contribution in [0, 0.1) is 6.92 Å². The highest BCUT2D eigenvalue weighted by atomic mass is 19.4. The molecule has 0 saturated carbocycles. The minimum Gasteiger partial charge on any atom is -0.426 e. The van der Waals surface area contributed by atoms with Crippen LogP contribution in [0.4, 0.5) is 36.8 Å². The number of amides is 1. The highest BCUT2D eigenvalue weighted by Crippen LogP contribution is 2.36. The van der Waals surface area contributed by atoms with Crippen LogP contribution in [0.15, 0.2) is 30.0 Å². The van der Waals surface area contributed by atoms with E-state index in [1.807, 2.05) is 44.1 Å². The van der Waals surface area contributed by atoms with Gasteiger partial charge in [-0.3, -0.25) is 9.91 Å². The van der Waals surface area contributed by atoms with Crippen LogP contribution in [0.25, 0.3) is 0 Å². The highest BCUT2D eigenvalue weighted by molar-refractivity contribution is 5.68. The first kappa shape index (κ1) is 25.2. The fourth-order valence-corrected chi connectivity index (χ4v) is 3.88. The topological polar surface area (TPSA) is 39.3 Å². The van der Waals surface area contributed by atoms with E-state index in [1.54, 1.807) is 0 Å². The molecule has 2 aliphatic rings. The van der Waals surface area contributed by atoms with Gasteiger partial charge in [-0.05, 0) is 36.6 Å². The fraction of sp³-hybridized carbons (Fsp3) is 0.571. The number of rotatable bonds is 4. The Kier molecular flexibility index (Phi) is 7.18. The van der Waals surface area contributed by atoms with Gasteiger partial charge in [0, 0.05) is 52.5 Å². The van der Waals surface area contributed by atoms with Crippen molar-refractivity contribution in [3.8, 4) is 0 Å². The number of nitrogens with zero attached hydrogens (tertiary/aromatic N) is 4. The number of anilines is 1. The summed E-state index contributed by atoms with van der Waals surface area (Å²) < 4.78 is 79.7. The second-order valence-electron chi connectivity index (χ2n) is 8.38. The number of carbonyl (C=O) groups is 1. The van der Waals surface area contributed by atoms with Crippen molar-refractivity contribution in [3.63, 3.8) is 0 Å². The number of benzene rings is 1. The van der Waals surface area contributed by atoms with E-state index in [1.165, 1.54) is 5.57 Å². The standard InChI is InChI=1S/C21H26F6N4O2/c1-14-4-5-16(17(10-14)31-12-15(2)11-28(31)3)13-29-6-8-30(9-7-29)19(32)33-18(20(22,23)24)21(25,26)27/h4-5,10,12,18H,6-9,11,13H2,1-3H3. The fourth-order valence-electron chi connectivity index (χ4n) is 3.88. The molecule has 1 aromatic rings. The first-order chi connectivity index (χ1) is 15.3. The third-order valence-electron chi connectivity index (χ3n) is 5.51. The van der Waals surface area contributed by atoms with Crippen LogP contribution in [0.1, 0.15) is 18.1 Å². The molecular formula is C21H26F6N4O2. The van der Waals surface area contributed by atoms with Crippen LogP contribution in [0.3, 0.4) is 0 Å². The van der Waals surface area contributed by atoms with Crippen molar-refractivity contribution in [2.24, 2.45) is 0 Å². The molecule has 33 heavy (non-hydrogen) atoms. The Morgan fingerprint density at radius 3 is 2.15 bits per heavy atom. The van der Waals surface area contributed by atoms with Crippen molar-refractivity contribution in [3.05, 3.63) is 41.1 Å². The third-order valence-corrected chi connectivity index (χ3v) is 5.51. The van der Waals surface area contributed by atoms with Gasteiger partial charge in [-0.25, -0.2) is 9.80 Å². The maximum absolute atomic E-state index is 12.7. The lowest BCUT2D eigenvalue weighted by Crippen LogP contribution is -2.52. The summed E-state index contributed by atoms with van der Waals surface area (Å²) in [4.78, 5) is 14.8. The van der Waals surface area contributed by atoms with Gasteiger partial charge in [0.2, 0.25) is 0 Å². The SMILES string of the molecule is CC1=CN(c2cc(C)ccc2CN2CCN(C(=O)OC(C(F)(F)F)C(F)(F)F)CC2)N(C)C1. The smallest absolute Gasteiger partial charge is 0.426 e. The molecule has 1 amide bonds. The zero-order valence-electron chi connectivity index (χ0n) is 18.5. The summed E-state index contributed by atoms with van der Waals surface area (Å²) in [6, 6.07) is 6.04. The number of halogens is 6. The highest BCUT2D eigenvalue weighted by Gasteiger charge is 2.60. The summed E-state index contributed by atoms with van der Waals surface area (Å²) in [5.41, 5.74) is 4.29. The Labute approximate surface area is 187 Å². The van der Waals surface area contributed by atoms with Crippen molar-refractivity contribution in [1.82, 2.24) is 14.8 Å². The zero-order valence-corrected chi connectivity index (χ0v) is 18.5. The van der Waals surface area contributed by atoms with Gasteiger partial charge in [0.1, 0.15) is 0 Å². The Bertz CT molecular complexity index is 880. The van der Waals surface area contributed by atoms with Crippen molar-refractivity contribution >= 4 is 11.8 Å². The Balaban J connectivity index is 1.63. The Hall–Kier alpha value is -2.47. The molecule has 184 valence electrons. The number of alkyl halides is 6. The molecule has 3 rings (SSSR count). The Morgan fingerprint density at radius 2 is 1.64 bits per heavy atom. The van der Waals surface area contributed by atoms with Crippen LogP contribution in [-0.4, -0.2) is 79.1 Å². The largest absolute Gasteiger partial charge is 0.434 e. The molecule has 0 radical (unpaired) electrons. The van der Waals surface area contributed by atoms with Gasteiger partial charge in [-0.1, -0.05) is 12.1 Å². The van der Waals surface area contributed by atoms with Gasteiger partial charge in [-0.2, -0.15) is 26.3 Å². The van der Waals surface area contributed by atoms with Gasteiger partial charge < -0.3 is 9.64 Å². The van der Waals surface area contributed by atoms with Crippen LogP contribution >= 0.6 is 0 Å². The molecule has 0 N–H and O–H groups in total. The monoisotopic (exact) mass is 480 g/mol. The number of hydrazine groups is 1. The number of piperazine rings is 1.